The largest absolute Gasteiger partial charge is 0.371 e. The van der Waals surface area contributed by atoms with Crippen molar-refractivity contribution in [2.24, 2.45) is 5.92 Å². The molecule has 0 heterocycles. The highest BCUT2D eigenvalue weighted by atomic mass is 79.9. The smallest absolute Gasteiger partial charge is 0.159 e. The van der Waals surface area contributed by atoms with Gasteiger partial charge in [0.05, 0.1) is 5.69 Å². The van der Waals surface area contributed by atoms with Gasteiger partial charge in [0.15, 0.2) is 5.78 Å². The van der Waals surface area contributed by atoms with Gasteiger partial charge in [-0.1, -0.05) is 13.8 Å². The van der Waals surface area contributed by atoms with Gasteiger partial charge in [-0.2, -0.15) is 0 Å². The molecule has 3 heteroatoms. The third-order valence-corrected chi connectivity index (χ3v) is 3.95. The lowest BCUT2D eigenvalue weighted by molar-refractivity contribution is 0.101. The molecule has 0 aromatic heterocycles. The molecule has 1 aromatic rings. The van der Waals surface area contributed by atoms with E-state index in [0.29, 0.717) is 12.0 Å². The van der Waals surface area contributed by atoms with Crippen LogP contribution in [0.15, 0.2) is 22.7 Å². The van der Waals surface area contributed by atoms with E-state index in [2.05, 4.69) is 48.6 Å². The molecule has 0 fully saturated rings. The fourth-order valence-corrected chi connectivity index (χ4v) is 2.34. The normalized spacial score (nSPS) is 12.6. The number of Topliss-reactive ketones (excluding diaryl/α,β-unsaturated/α-hetero) is 1. The molecule has 0 radical (unpaired) electrons. The number of ketones is 1. The van der Waals surface area contributed by atoms with Gasteiger partial charge in [-0.3, -0.25) is 4.79 Å². The molecule has 1 atom stereocenters. The average Bonchev–Trinajstić information content (AvgIpc) is 2.26. The Kier molecular flexibility index (Phi) is 4.75. The first kappa shape index (κ1) is 14.2. The van der Waals surface area contributed by atoms with Crippen LogP contribution in [0.5, 0.6) is 0 Å². The van der Waals surface area contributed by atoms with E-state index in [9.17, 15) is 4.79 Å². The minimum absolute atomic E-state index is 0.0943. The monoisotopic (exact) mass is 297 g/mol. The minimum atomic E-state index is 0.0943. The maximum absolute atomic E-state index is 11.3. The summed E-state index contributed by atoms with van der Waals surface area (Å²) in [6, 6.07) is 6.22. The number of benzene rings is 1. The second-order valence-corrected chi connectivity index (χ2v) is 5.67. The zero-order chi connectivity index (χ0) is 13.2. The van der Waals surface area contributed by atoms with Crippen LogP contribution in [0.3, 0.4) is 0 Å². The molecule has 2 nitrogen and oxygen atoms in total. The van der Waals surface area contributed by atoms with E-state index >= 15 is 0 Å². The van der Waals surface area contributed by atoms with Crippen molar-refractivity contribution in [3.05, 3.63) is 28.2 Å². The summed E-state index contributed by atoms with van der Waals surface area (Å²) in [4.78, 5) is 13.5. The Bertz CT molecular complexity index is 415. The summed E-state index contributed by atoms with van der Waals surface area (Å²) in [7, 11) is 2.08. The van der Waals surface area contributed by atoms with E-state index in [0.717, 1.165) is 15.7 Å². The number of rotatable bonds is 4. The number of carbonyl (C=O) groups is 1. The van der Waals surface area contributed by atoms with Gasteiger partial charge >= 0.3 is 0 Å². The van der Waals surface area contributed by atoms with Crippen molar-refractivity contribution in [3.63, 3.8) is 0 Å². The maximum Gasteiger partial charge on any atom is 0.159 e. The molecule has 0 aliphatic heterocycles. The van der Waals surface area contributed by atoms with Crippen molar-refractivity contribution in [1.29, 1.82) is 0 Å². The summed E-state index contributed by atoms with van der Waals surface area (Å²) in [5.74, 6) is 0.677. The molecule has 0 spiro atoms. The van der Waals surface area contributed by atoms with Gasteiger partial charge in [-0.25, -0.2) is 0 Å². The van der Waals surface area contributed by atoms with Crippen molar-refractivity contribution in [2.75, 3.05) is 11.9 Å². The second kappa shape index (κ2) is 5.67. The van der Waals surface area contributed by atoms with Crippen LogP contribution in [0.2, 0.25) is 0 Å². The Morgan fingerprint density at radius 2 is 1.88 bits per heavy atom. The van der Waals surface area contributed by atoms with Gasteiger partial charge in [-0.15, -0.1) is 0 Å². The molecule has 0 bridgehead atoms. The summed E-state index contributed by atoms with van der Waals surface area (Å²) >= 11 is 3.54. The molecule has 94 valence electrons. The quantitative estimate of drug-likeness (QED) is 0.779. The molecule has 0 saturated carbocycles. The van der Waals surface area contributed by atoms with Crippen molar-refractivity contribution < 1.29 is 4.79 Å². The zero-order valence-corrected chi connectivity index (χ0v) is 12.7. The number of carbonyl (C=O) groups excluding carboxylic acids is 1. The van der Waals surface area contributed by atoms with Crippen molar-refractivity contribution in [3.8, 4) is 0 Å². The lowest BCUT2D eigenvalue weighted by Gasteiger charge is -2.31. The van der Waals surface area contributed by atoms with E-state index in [-0.39, 0.29) is 5.78 Å². The summed E-state index contributed by atoms with van der Waals surface area (Å²) in [5, 5.41) is 0. The van der Waals surface area contributed by atoms with Crippen LogP contribution in [-0.4, -0.2) is 18.9 Å². The lowest BCUT2D eigenvalue weighted by atomic mass is 10.0. The van der Waals surface area contributed by atoms with Crippen molar-refractivity contribution in [1.82, 2.24) is 0 Å². The molecule has 1 rings (SSSR count). The highest BCUT2D eigenvalue weighted by molar-refractivity contribution is 9.10. The predicted octanol–water partition coefficient (Wildman–Crippen LogP) is 4.13. The zero-order valence-electron chi connectivity index (χ0n) is 11.1. The Labute approximate surface area is 112 Å². The highest BCUT2D eigenvalue weighted by Crippen LogP contribution is 2.29. The van der Waals surface area contributed by atoms with Gasteiger partial charge in [0.2, 0.25) is 0 Å². The lowest BCUT2D eigenvalue weighted by Crippen LogP contribution is -2.33. The van der Waals surface area contributed by atoms with Gasteiger partial charge in [0.25, 0.3) is 0 Å². The summed E-state index contributed by atoms with van der Waals surface area (Å²) in [6.45, 7) is 8.20. The molecular formula is C14H20BrNO. The molecular weight excluding hydrogens is 278 g/mol. The number of hydrogen-bond donors (Lipinski definition) is 0. The molecule has 17 heavy (non-hydrogen) atoms. The van der Waals surface area contributed by atoms with Crippen LogP contribution in [-0.2, 0) is 0 Å². The summed E-state index contributed by atoms with van der Waals surface area (Å²) in [6.07, 6.45) is 0. The predicted molar refractivity (Wildman–Crippen MR) is 76.8 cm³/mol. The van der Waals surface area contributed by atoms with Gasteiger partial charge in [0.1, 0.15) is 0 Å². The first-order valence-electron chi connectivity index (χ1n) is 5.88. The van der Waals surface area contributed by atoms with E-state index in [1.807, 2.05) is 18.2 Å². The van der Waals surface area contributed by atoms with Gasteiger partial charge in [-0.05, 0) is 53.9 Å². The first-order chi connectivity index (χ1) is 7.84. The molecule has 1 aromatic carbocycles. The second-order valence-electron chi connectivity index (χ2n) is 4.82. The third kappa shape index (κ3) is 3.32. The van der Waals surface area contributed by atoms with E-state index in [4.69, 9.17) is 0 Å². The number of nitrogens with zero attached hydrogens (tertiary/aromatic N) is 1. The van der Waals surface area contributed by atoms with Crippen LogP contribution in [0.25, 0.3) is 0 Å². The molecule has 0 aliphatic carbocycles. The summed E-state index contributed by atoms with van der Waals surface area (Å²) in [5.41, 5.74) is 1.86. The van der Waals surface area contributed by atoms with E-state index < -0.39 is 0 Å². The van der Waals surface area contributed by atoms with Gasteiger partial charge in [0, 0.05) is 23.1 Å². The minimum Gasteiger partial charge on any atom is -0.371 e. The summed E-state index contributed by atoms with van der Waals surface area (Å²) < 4.78 is 0.972. The molecule has 1 unspecified atom stereocenters. The maximum atomic E-state index is 11.3. The fourth-order valence-electron chi connectivity index (χ4n) is 1.68. The van der Waals surface area contributed by atoms with Gasteiger partial charge < -0.3 is 4.90 Å². The van der Waals surface area contributed by atoms with Crippen LogP contribution in [0.4, 0.5) is 5.69 Å². The van der Waals surface area contributed by atoms with Crippen molar-refractivity contribution >= 4 is 27.4 Å². The molecule has 0 N–H and O–H groups in total. The third-order valence-electron chi connectivity index (χ3n) is 3.31. The Morgan fingerprint density at radius 1 is 1.29 bits per heavy atom. The number of hydrogen-bond acceptors (Lipinski definition) is 2. The highest BCUT2D eigenvalue weighted by Gasteiger charge is 2.16. The van der Waals surface area contributed by atoms with E-state index in [1.165, 1.54) is 0 Å². The topological polar surface area (TPSA) is 20.3 Å². The fraction of sp³-hybridized carbons (Fsp3) is 0.500. The number of anilines is 1. The van der Waals surface area contributed by atoms with E-state index in [1.54, 1.807) is 6.92 Å². The molecule has 0 amide bonds. The first-order valence-corrected chi connectivity index (χ1v) is 6.67. The Balaban J connectivity index is 3.03. The van der Waals surface area contributed by atoms with Crippen LogP contribution < -0.4 is 4.90 Å². The van der Waals surface area contributed by atoms with Crippen LogP contribution >= 0.6 is 15.9 Å². The number of halogens is 1. The van der Waals surface area contributed by atoms with Crippen molar-refractivity contribution in [2.45, 2.75) is 33.7 Å². The Morgan fingerprint density at radius 3 is 2.29 bits per heavy atom. The van der Waals surface area contributed by atoms with Crippen LogP contribution in [0, 0.1) is 5.92 Å². The molecule has 0 saturated heterocycles. The SMILES string of the molecule is CC(=O)c1ccc(N(C)C(C)C(C)C)c(Br)c1. The molecule has 0 aliphatic rings. The standard InChI is InChI=1S/C14H20BrNO/c1-9(2)10(3)16(5)14-7-6-12(11(4)17)8-13(14)15/h6-10H,1-5H3. The Hall–Kier alpha value is -0.830. The van der Waals surface area contributed by atoms with Crippen LogP contribution in [0.1, 0.15) is 38.1 Å². The average molecular weight is 298 g/mol.